The molecule has 0 saturated carbocycles. The Kier molecular flexibility index (Phi) is 4.91. The van der Waals surface area contributed by atoms with Crippen LogP contribution in [0.5, 0.6) is 0 Å². The van der Waals surface area contributed by atoms with Crippen molar-refractivity contribution in [2.45, 2.75) is 19.8 Å². The Morgan fingerprint density at radius 3 is 2.80 bits per heavy atom. The van der Waals surface area contributed by atoms with Gasteiger partial charge in [0, 0.05) is 30.9 Å². The van der Waals surface area contributed by atoms with Crippen LogP contribution in [0.25, 0.3) is 0 Å². The number of hydrogen-bond acceptors (Lipinski definition) is 7. The molecule has 0 amide bonds. The minimum atomic E-state index is -1.57. The normalized spacial score (nSPS) is 18.8. The van der Waals surface area contributed by atoms with E-state index in [2.05, 4.69) is 9.97 Å². The third-order valence-corrected chi connectivity index (χ3v) is 3.28. The SMILES string of the molecule is CCOC(=O)C1CCCN(c2ncc(B(O)O)cn2)C1. The Labute approximate surface area is 117 Å². The maximum atomic E-state index is 11.8. The lowest BCUT2D eigenvalue weighted by Gasteiger charge is -2.31. The number of anilines is 1. The molecular formula is C12H18BN3O4. The lowest BCUT2D eigenvalue weighted by Crippen LogP contribution is -2.41. The van der Waals surface area contributed by atoms with Crippen molar-refractivity contribution in [3.8, 4) is 0 Å². The summed E-state index contributed by atoms with van der Waals surface area (Å²) in [5, 5.41) is 18.0. The van der Waals surface area contributed by atoms with Crippen LogP contribution in [-0.4, -0.2) is 52.8 Å². The lowest BCUT2D eigenvalue weighted by atomic mass is 9.83. The summed E-state index contributed by atoms with van der Waals surface area (Å²) in [6.07, 6.45) is 4.43. The first-order valence-corrected chi connectivity index (χ1v) is 6.71. The topological polar surface area (TPSA) is 95.8 Å². The summed E-state index contributed by atoms with van der Waals surface area (Å²) in [6, 6.07) is 0. The molecule has 0 spiro atoms. The number of carbonyl (C=O) groups excluding carboxylic acids is 1. The van der Waals surface area contributed by atoms with E-state index >= 15 is 0 Å². The molecule has 1 atom stereocenters. The van der Waals surface area contributed by atoms with Crippen molar-refractivity contribution < 1.29 is 19.6 Å². The molecule has 1 aromatic heterocycles. The number of rotatable bonds is 4. The second kappa shape index (κ2) is 6.67. The molecule has 7 nitrogen and oxygen atoms in total. The van der Waals surface area contributed by atoms with E-state index in [1.165, 1.54) is 12.4 Å². The lowest BCUT2D eigenvalue weighted by molar-refractivity contribution is -0.148. The third-order valence-electron chi connectivity index (χ3n) is 3.28. The minimum Gasteiger partial charge on any atom is -0.466 e. The summed E-state index contributed by atoms with van der Waals surface area (Å²) in [4.78, 5) is 21.9. The fraction of sp³-hybridized carbons (Fsp3) is 0.583. The summed E-state index contributed by atoms with van der Waals surface area (Å²) < 4.78 is 5.04. The molecule has 108 valence electrons. The van der Waals surface area contributed by atoms with Crippen LogP contribution in [0.4, 0.5) is 5.95 Å². The molecule has 0 radical (unpaired) electrons. The maximum absolute atomic E-state index is 11.8. The van der Waals surface area contributed by atoms with Crippen molar-refractivity contribution in [1.29, 1.82) is 0 Å². The van der Waals surface area contributed by atoms with Crippen molar-refractivity contribution in [3.63, 3.8) is 0 Å². The van der Waals surface area contributed by atoms with E-state index in [1.807, 2.05) is 4.90 Å². The fourth-order valence-corrected chi connectivity index (χ4v) is 2.24. The Balaban J connectivity index is 2.03. The summed E-state index contributed by atoms with van der Waals surface area (Å²) in [6.45, 7) is 3.48. The van der Waals surface area contributed by atoms with Gasteiger partial charge in [0.2, 0.25) is 5.95 Å². The zero-order chi connectivity index (χ0) is 14.5. The maximum Gasteiger partial charge on any atom is 0.491 e. The monoisotopic (exact) mass is 279 g/mol. The first kappa shape index (κ1) is 14.7. The van der Waals surface area contributed by atoms with Gasteiger partial charge in [-0.15, -0.1) is 0 Å². The van der Waals surface area contributed by atoms with E-state index in [0.717, 1.165) is 19.4 Å². The van der Waals surface area contributed by atoms with Gasteiger partial charge in [0.1, 0.15) is 0 Å². The molecule has 0 aromatic carbocycles. The van der Waals surface area contributed by atoms with Gasteiger partial charge in [-0.25, -0.2) is 9.97 Å². The highest BCUT2D eigenvalue weighted by molar-refractivity contribution is 6.58. The number of ether oxygens (including phenoxy) is 1. The van der Waals surface area contributed by atoms with Gasteiger partial charge in [-0.1, -0.05) is 0 Å². The minimum absolute atomic E-state index is 0.157. The molecule has 0 bridgehead atoms. The second-order valence-electron chi connectivity index (χ2n) is 4.73. The van der Waals surface area contributed by atoms with Crippen LogP contribution in [0, 0.1) is 5.92 Å². The van der Waals surface area contributed by atoms with E-state index < -0.39 is 7.12 Å². The molecule has 1 aromatic rings. The Bertz CT molecular complexity index is 455. The number of carbonyl (C=O) groups is 1. The van der Waals surface area contributed by atoms with Crippen LogP contribution in [0.2, 0.25) is 0 Å². The first-order valence-electron chi connectivity index (χ1n) is 6.71. The van der Waals surface area contributed by atoms with E-state index in [9.17, 15) is 4.79 Å². The van der Waals surface area contributed by atoms with Gasteiger partial charge in [0.15, 0.2) is 0 Å². The van der Waals surface area contributed by atoms with Gasteiger partial charge in [0.25, 0.3) is 0 Å². The molecule has 0 aliphatic carbocycles. The molecule has 1 aliphatic heterocycles. The van der Waals surface area contributed by atoms with Gasteiger partial charge >= 0.3 is 13.1 Å². The molecule has 1 saturated heterocycles. The molecule has 1 fully saturated rings. The van der Waals surface area contributed by atoms with Crippen molar-refractivity contribution in [1.82, 2.24) is 9.97 Å². The van der Waals surface area contributed by atoms with E-state index in [4.69, 9.17) is 14.8 Å². The van der Waals surface area contributed by atoms with Crippen molar-refractivity contribution in [2.75, 3.05) is 24.6 Å². The van der Waals surface area contributed by atoms with Crippen LogP contribution in [0.3, 0.4) is 0 Å². The molecule has 1 unspecified atom stereocenters. The van der Waals surface area contributed by atoms with Gasteiger partial charge in [-0.05, 0) is 19.8 Å². The first-order chi connectivity index (χ1) is 9.61. The zero-order valence-corrected chi connectivity index (χ0v) is 11.4. The molecule has 2 heterocycles. The number of hydrogen-bond donors (Lipinski definition) is 2. The number of aromatic nitrogens is 2. The van der Waals surface area contributed by atoms with Crippen LogP contribution in [0.1, 0.15) is 19.8 Å². The quantitative estimate of drug-likeness (QED) is 0.535. The van der Waals surface area contributed by atoms with Crippen LogP contribution in [0.15, 0.2) is 12.4 Å². The van der Waals surface area contributed by atoms with Crippen molar-refractivity contribution in [3.05, 3.63) is 12.4 Å². The summed E-state index contributed by atoms with van der Waals surface area (Å²) in [5.74, 6) is 0.151. The van der Waals surface area contributed by atoms with Gasteiger partial charge in [0.05, 0.1) is 12.5 Å². The average Bonchev–Trinajstić information content (AvgIpc) is 2.48. The number of nitrogens with zero attached hydrogens (tertiary/aromatic N) is 3. The van der Waals surface area contributed by atoms with Crippen LogP contribution in [-0.2, 0) is 9.53 Å². The second-order valence-corrected chi connectivity index (χ2v) is 4.73. The van der Waals surface area contributed by atoms with E-state index in [-0.39, 0.29) is 17.4 Å². The van der Waals surface area contributed by atoms with E-state index in [0.29, 0.717) is 19.1 Å². The largest absolute Gasteiger partial charge is 0.491 e. The van der Waals surface area contributed by atoms with Gasteiger partial charge < -0.3 is 19.7 Å². The highest BCUT2D eigenvalue weighted by Crippen LogP contribution is 2.20. The van der Waals surface area contributed by atoms with Crippen LogP contribution >= 0.6 is 0 Å². The van der Waals surface area contributed by atoms with Gasteiger partial charge in [-0.3, -0.25) is 4.79 Å². The zero-order valence-electron chi connectivity index (χ0n) is 11.4. The summed E-state index contributed by atoms with van der Waals surface area (Å²) in [5.41, 5.74) is 0.243. The molecular weight excluding hydrogens is 261 g/mol. The predicted molar refractivity (Wildman–Crippen MR) is 73.4 cm³/mol. The van der Waals surface area contributed by atoms with Crippen molar-refractivity contribution in [2.24, 2.45) is 5.92 Å². The Morgan fingerprint density at radius 1 is 1.50 bits per heavy atom. The third kappa shape index (κ3) is 3.46. The van der Waals surface area contributed by atoms with Gasteiger partial charge in [-0.2, -0.15) is 0 Å². The number of esters is 1. The van der Waals surface area contributed by atoms with Crippen LogP contribution < -0.4 is 10.4 Å². The Morgan fingerprint density at radius 2 is 2.20 bits per heavy atom. The van der Waals surface area contributed by atoms with E-state index in [1.54, 1.807) is 6.92 Å². The summed E-state index contributed by atoms with van der Waals surface area (Å²) in [7, 11) is -1.57. The molecule has 1 aliphatic rings. The predicted octanol–water partition coefficient (Wildman–Crippen LogP) is -1.06. The molecule has 20 heavy (non-hydrogen) atoms. The molecule has 2 N–H and O–H groups in total. The molecule has 2 rings (SSSR count). The highest BCUT2D eigenvalue weighted by atomic mass is 16.5. The molecule has 8 heteroatoms. The standard InChI is InChI=1S/C12H18BN3O4/c1-2-20-11(17)9-4-3-5-16(8-9)12-14-6-10(7-15-12)13(18)19/h6-7,9,18-19H,2-5,8H2,1H3. The Hall–Kier alpha value is -1.67. The average molecular weight is 279 g/mol. The highest BCUT2D eigenvalue weighted by Gasteiger charge is 2.28. The summed E-state index contributed by atoms with van der Waals surface area (Å²) >= 11 is 0. The number of piperidine rings is 1. The fourth-order valence-electron chi connectivity index (χ4n) is 2.24. The van der Waals surface area contributed by atoms with Crippen molar-refractivity contribution >= 4 is 24.5 Å². The smallest absolute Gasteiger partial charge is 0.466 e.